The van der Waals surface area contributed by atoms with Crippen LogP contribution < -0.4 is 0 Å². The lowest BCUT2D eigenvalue weighted by Gasteiger charge is -2.24. The Balaban J connectivity index is 4.69. The number of esters is 2. The number of Topliss-reactive ketones (excluding diaryl/α,β-unsaturated/α-hetero) is 1. The molecule has 0 aromatic heterocycles. The van der Waals surface area contributed by atoms with Crippen LogP contribution in [-0.4, -0.2) is 30.9 Å². The molecule has 0 amide bonds. The summed E-state index contributed by atoms with van der Waals surface area (Å²) in [5.74, 6) is -1.36. The van der Waals surface area contributed by atoms with Gasteiger partial charge in [0.2, 0.25) is 0 Å². The summed E-state index contributed by atoms with van der Waals surface area (Å²) in [6, 6.07) is 0. The van der Waals surface area contributed by atoms with E-state index >= 15 is 0 Å². The fraction of sp³-hybridized carbons (Fsp3) is 0.643. The summed E-state index contributed by atoms with van der Waals surface area (Å²) in [4.78, 5) is 35.2. The summed E-state index contributed by atoms with van der Waals surface area (Å²) in [5.41, 5.74) is -1.27. The van der Waals surface area contributed by atoms with E-state index in [0.29, 0.717) is 0 Å². The number of carbonyl (C=O) groups is 3. The third-order valence-electron chi connectivity index (χ3n) is 2.76. The van der Waals surface area contributed by atoms with Gasteiger partial charge >= 0.3 is 11.9 Å². The second-order valence-corrected chi connectivity index (χ2v) is 4.27. The van der Waals surface area contributed by atoms with Crippen LogP contribution in [0, 0.1) is 5.41 Å². The Hall–Kier alpha value is -1.65. The Bertz CT molecular complexity index is 348. The Morgan fingerprint density at radius 3 is 2.16 bits per heavy atom. The van der Waals surface area contributed by atoms with Gasteiger partial charge in [0.25, 0.3) is 0 Å². The van der Waals surface area contributed by atoms with Crippen molar-refractivity contribution in [2.24, 2.45) is 5.41 Å². The van der Waals surface area contributed by atoms with Crippen LogP contribution in [0.4, 0.5) is 0 Å². The Morgan fingerprint density at radius 2 is 1.68 bits per heavy atom. The predicted molar refractivity (Wildman–Crippen MR) is 70.4 cm³/mol. The zero-order valence-corrected chi connectivity index (χ0v) is 11.9. The molecule has 1 atom stereocenters. The van der Waals surface area contributed by atoms with E-state index in [1.165, 1.54) is 13.0 Å². The highest BCUT2D eigenvalue weighted by molar-refractivity contribution is 6.04. The first-order chi connectivity index (χ1) is 8.92. The molecule has 0 spiro atoms. The Kier molecular flexibility index (Phi) is 7.72. The van der Waals surface area contributed by atoms with Crippen molar-refractivity contribution in [1.29, 1.82) is 0 Å². The molecule has 0 heterocycles. The van der Waals surface area contributed by atoms with Crippen LogP contribution in [0.3, 0.4) is 0 Å². The topological polar surface area (TPSA) is 69.7 Å². The minimum atomic E-state index is -1.27. The van der Waals surface area contributed by atoms with E-state index in [4.69, 9.17) is 9.47 Å². The molecule has 0 aliphatic heterocycles. The van der Waals surface area contributed by atoms with Crippen LogP contribution in [0.1, 0.15) is 40.0 Å². The standard InChI is InChI=1S/C14H22O5/c1-5-10-14(4,13(17)19-7-3)11(15)8-9-12(16)18-6-2/h5H,1,6-10H2,2-4H3. The summed E-state index contributed by atoms with van der Waals surface area (Å²) >= 11 is 0. The SMILES string of the molecule is C=CCC(C)(C(=O)CCC(=O)OCC)C(=O)OCC. The van der Waals surface area contributed by atoms with E-state index < -0.39 is 17.4 Å². The minimum absolute atomic E-state index is 0.0290. The summed E-state index contributed by atoms with van der Waals surface area (Å²) in [7, 11) is 0. The van der Waals surface area contributed by atoms with Crippen LogP contribution >= 0.6 is 0 Å². The van der Waals surface area contributed by atoms with Crippen LogP contribution in [0.15, 0.2) is 12.7 Å². The monoisotopic (exact) mass is 270 g/mol. The molecule has 19 heavy (non-hydrogen) atoms. The number of rotatable bonds is 9. The van der Waals surface area contributed by atoms with Gasteiger partial charge in [0.15, 0.2) is 5.78 Å². The van der Waals surface area contributed by atoms with Gasteiger partial charge in [0, 0.05) is 6.42 Å². The fourth-order valence-corrected chi connectivity index (χ4v) is 1.61. The van der Waals surface area contributed by atoms with E-state index in [2.05, 4.69) is 6.58 Å². The number of allylic oxidation sites excluding steroid dienone is 1. The van der Waals surface area contributed by atoms with Crippen molar-refractivity contribution in [3.8, 4) is 0 Å². The fourth-order valence-electron chi connectivity index (χ4n) is 1.61. The highest BCUT2D eigenvalue weighted by Crippen LogP contribution is 2.27. The third kappa shape index (κ3) is 5.24. The van der Waals surface area contributed by atoms with E-state index in [-0.39, 0.29) is 38.3 Å². The Labute approximate surface area is 114 Å². The zero-order valence-electron chi connectivity index (χ0n) is 11.9. The highest BCUT2D eigenvalue weighted by atomic mass is 16.5. The lowest BCUT2D eigenvalue weighted by Crippen LogP contribution is -2.38. The summed E-state index contributed by atoms with van der Waals surface area (Å²) in [6.45, 7) is 8.91. The molecule has 0 fully saturated rings. The third-order valence-corrected chi connectivity index (χ3v) is 2.76. The molecule has 5 nitrogen and oxygen atoms in total. The first-order valence-electron chi connectivity index (χ1n) is 6.39. The molecule has 0 N–H and O–H groups in total. The first kappa shape index (κ1) is 17.4. The van der Waals surface area contributed by atoms with Crippen LogP contribution in [0.2, 0.25) is 0 Å². The molecule has 108 valence electrons. The van der Waals surface area contributed by atoms with Crippen molar-refractivity contribution >= 4 is 17.7 Å². The quantitative estimate of drug-likeness (QED) is 0.364. The molecule has 0 aliphatic carbocycles. The van der Waals surface area contributed by atoms with Gasteiger partial charge in [-0.1, -0.05) is 6.08 Å². The molecule has 0 aromatic carbocycles. The van der Waals surface area contributed by atoms with Gasteiger partial charge in [0.05, 0.1) is 19.6 Å². The molecule has 0 aliphatic rings. The summed E-state index contributed by atoms with van der Waals surface area (Å²) in [6.07, 6.45) is 1.62. The second kappa shape index (κ2) is 8.45. The number of hydrogen-bond donors (Lipinski definition) is 0. The molecule has 0 rings (SSSR count). The van der Waals surface area contributed by atoms with Gasteiger partial charge in [-0.3, -0.25) is 14.4 Å². The lowest BCUT2D eigenvalue weighted by atomic mass is 9.80. The average molecular weight is 270 g/mol. The normalized spacial score (nSPS) is 13.2. The number of ketones is 1. The van der Waals surface area contributed by atoms with Gasteiger partial charge in [0.1, 0.15) is 5.41 Å². The summed E-state index contributed by atoms with van der Waals surface area (Å²) in [5, 5.41) is 0. The molecular weight excluding hydrogens is 248 g/mol. The van der Waals surface area contributed by atoms with Crippen molar-refractivity contribution in [3.63, 3.8) is 0 Å². The molecule has 5 heteroatoms. The van der Waals surface area contributed by atoms with Gasteiger partial charge < -0.3 is 9.47 Å². The van der Waals surface area contributed by atoms with Crippen molar-refractivity contribution in [2.45, 2.75) is 40.0 Å². The largest absolute Gasteiger partial charge is 0.466 e. The van der Waals surface area contributed by atoms with Gasteiger partial charge in [-0.2, -0.15) is 0 Å². The smallest absolute Gasteiger partial charge is 0.319 e. The van der Waals surface area contributed by atoms with Crippen molar-refractivity contribution in [3.05, 3.63) is 12.7 Å². The molecule has 0 saturated carbocycles. The van der Waals surface area contributed by atoms with Crippen molar-refractivity contribution < 1.29 is 23.9 Å². The molecule has 0 saturated heterocycles. The van der Waals surface area contributed by atoms with E-state index in [0.717, 1.165) is 0 Å². The molecule has 0 radical (unpaired) electrons. The minimum Gasteiger partial charge on any atom is -0.466 e. The zero-order chi connectivity index (χ0) is 14.9. The van der Waals surface area contributed by atoms with Crippen molar-refractivity contribution in [2.75, 3.05) is 13.2 Å². The lowest BCUT2D eigenvalue weighted by molar-refractivity contribution is -0.160. The summed E-state index contributed by atoms with van der Waals surface area (Å²) < 4.78 is 9.66. The maximum atomic E-state index is 12.1. The molecule has 0 aromatic rings. The number of hydrogen-bond acceptors (Lipinski definition) is 5. The van der Waals surface area contributed by atoms with Crippen LogP contribution in [0.5, 0.6) is 0 Å². The van der Waals surface area contributed by atoms with Gasteiger partial charge in [-0.15, -0.1) is 6.58 Å². The van der Waals surface area contributed by atoms with E-state index in [1.54, 1.807) is 13.8 Å². The maximum absolute atomic E-state index is 12.1. The van der Waals surface area contributed by atoms with Crippen molar-refractivity contribution in [1.82, 2.24) is 0 Å². The molecule has 0 bridgehead atoms. The molecule has 1 unspecified atom stereocenters. The second-order valence-electron chi connectivity index (χ2n) is 4.27. The van der Waals surface area contributed by atoms with E-state index in [9.17, 15) is 14.4 Å². The van der Waals surface area contributed by atoms with Crippen LogP contribution in [0.25, 0.3) is 0 Å². The number of ether oxygens (including phenoxy) is 2. The Morgan fingerprint density at radius 1 is 1.11 bits per heavy atom. The maximum Gasteiger partial charge on any atom is 0.319 e. The molecular formula is C14H22O5. The van der Waals surface area contributed by atoms with Gasteiger partial charge in [-0.25, -0.2) is 0 Å². The van der Waals surface area contributed by atoms with Crippen LogP contribution in [-0.2, 0) is 23.9 Å². The average Bonchev–Trinajstić information content (AvgIpc) is 2.36. The van der Waals surface area contributed by atoms with Gasteiger partial charge in [-0.05, 0) is 27.2 Å². The van der Waals surface area contributed by atoms with E-state index in [1.807, 2.05) is 0 Å². The predicted octanol–water partition coefficient (Wildman–Crippen LogP) is 2.04. The highest BCUT2D eigenvalue weighted by Gasteiger charge is 2.40. The first-order valence-corrected chi connectivity index (χ1v) is 6.39. The number of carbonyl (C=O) groups excluding carboxylic acids is 3.